The Balaban J connectivity index is 2.46. The first-order valence-corrected chi connectivity index (χ1v) is 6.84. The summed E-state index contributed by atoms with van der Waals surface area (Å²) in [5, 5.41) is 0.321. The molecule has 2 N–H and O–H groups in total. The fourth-order valence-corrected chi connectivity index (χ4v) is 2.40. The maximum atomic E-state index is 13.1. The molecule has 0 heterocycles. The zero-order valence-electron chi connectivity index (χ0n) is 11.5. The highest BCUT2D eigenvalue weighted by molar-refractivity contribution is 6.31. The molecule has 0 amide bonds. The predicted octanol–water partition coefficient (Wildman–Crippen LogP) is 4.23. The molecule has 20 heavy (non-hydrogen) atoms. The second-order valence-electron chi connectivity index (χ2n) is 4.62. The second-order valence-corrected chi connectivity index (χ2v) is 5.02. The third kappa shape index (κ3) is 3.11. The van der Waals surface area contributed by atoms with E-state index in [0.717, 1.165) is 16.9 Å². The average Bonchev–Trinajstić information content (AvgIpc) is 2.40. The molecule has 0 aliphatic heterocycles. The normalized spacial score (nSPS) is 12.2. The van der Waals surface area contributed by atoms with Crippen LogP contribution in [0, 0.1) is 12.7 Å². The van der Waals surface area contributed by atoms with E-state index >= 15 is 0 Å². The number of ether oxygens (including phenoxy) is 1. The number of halogens is 2. The van der Waals surface area contributed by atoms with E-state index in [9.17, 15) is 4.39 Å². The van der Waals surface area contributed by atoms with E-state index in [0.29, 0.717) is 17.2 Å². The lowest BCUT2D eigenvalue weighted by Crippen LogP contribution is -2.14. The molecule has 0 aromatic heterocycles. The molecule has 0 radical (unpaired) electrons. The van der Waals surface area contributed by atoms with E-state index in [2.05, 4.69) is 0 Å². The topological polar surface area (TPSA) is 35.2 Å². The van der Waals surface area contributed by atoms with E-state index in [4.69, 9.17) is 22.1 Å². The zero-order chi connectivity index (χ0) is 14.7. The molecule has 0 aliphatic carbocycles. The first kappa shape index (κ1) is 14.8. The summed E-state index contributed by atoms with van der Waals surface area (Å²) >= 11 is 6.08. The van der Waals surface area contributed by atoms with Crippen LogP contribution in [0.1, 0.15) is 29.7 Å². The van der Waals surface area contributed by atoms with Gasteiger partial charge in [0.05, 0.1) is 12.6 Å². The summed E-state index contributed by atoms with van der Waals surface area (Å²) in [6.45, 7) is 4.46. The molecule has 0 fully saturated rings. The van der Waals surface area contributed by atoms with Gasteiger partial charge in [0.15, 0.2) is 0 Å². The summed E-state index contributed by atoms with van der Waals surface area (Å²) in [5.74, 6) is 0.353. The lowest BCUT2D eigenvalue weighted by Gasteiger charge is -2.18. The van der Waals surface area contributed by atoms with Crippen molar-refractivity contribution in [2.45, 2.75) is 19.9 Å². The summed E-state index contributed by atoms with van der Waals surface area (Å²) in [4.78, 5) is 0. The molecule has 0 spiro atoms. The van der Waals surface area contributed by atoms with Crippen molar-refractivity contribution in [3.63, 3.8) is 0 Å². The fraction of sp³-hybridized carbons (Fsp3) is 0.250. The number of rotatable bonds is 4. The summed E-state index contributed by atoms with van der Waals surface area (Å²) < 4.78 is 18.7. The molecule has 2 nitrogen and oxygen atoms in total. The van der Waals surface area contributed by atoms with Crippen molar-refractivity contribution in [3.05, 3.63) is 63.9 Å². The highest BCUT2D eigenvalue weighted by Crippen LogP contribution is 2.33. The molecular weight excluding hydrogens is 277 g/mol. The third-order valence-corrected chi connectivity index (χ3v) is 3.43. The third-order valence-electron chi connectivity index (χ3n) is 3.10. The Morgan fingerprint density at radius 1 is 1.20 bits per heavy atom. The minimum Gasteiger partial charge on any atom is -0.494 e. The van der Waals surface area contributed by atoms with Crippen molar-refractivity contribution in [1.82, 2.24) is 0 Å². The van der Waals surface area contributed by atoms with Crippen LogP contribution in [-0.2, 0) is 0 Å². The Bertz CT molecular complexity index is 615. The number of hydrogen-bond donors (Lipinski definition) is 1. The van der Waals surface area contributed by atoms with Gasteiger partial charge in [-0.1, -0.05) is 35.4 Å². The Labute approximate surface area is 123 Å². The molecule has 1 unspecified atom stereocenters. The van der Waals surface area contributed by atoms with Gasteiger partial charge in [0.2, 0.25) is 0 Å². The highest BCUT2D eigenvalue weighted by Gasteiger charge is 2.17. The van der Waals surface area contributed by atoms with Gasteiger partial charge in [-0.25, -0.2) is 4.39 Å². The maximum absolute atomic E-state index is 13.1. The summed E-state index contributed by atoms with van der Waals surface area (Å²) in [6.07, 6.45) is 0. The monoisotopic (exact) mass is 293 g/mol. The van der Waals surface area contributed by atoms with Crippen LogP contribution in [0.5, 0.6) is 5.75 Å². The lowest BCUT2D eigenvalue weighted by molar-refractivity contribution is 0.335. The van der Waals surface area contributed by atoms with Crippen LogP contribution in [0.2, 0.25) is 5.02 Å². The predicted molar refractivity (Wildman–Crippen MR) is 79.8 cm³/mol. The molecule has 1 atom stereocenters. The van der Waals surface area contributed by atoms with Crippen LogP contribution >= 0.6 is 11.6 Å². The molecule has 2 aromatic rings. The Morgan fingerprint density at radius 2 is 1.95 bits per heavy atom. The van der Waals surface area contributed by atoms with Crippen LogP contribution in [0.25, 0.3) is 0 Å². The quantitative estimate of drug-likeness (QED) is 0.915. The average molecular weight is 294 g/mol. The van der Waals surface area contributed by atoms with Gasteiger partial charge in [-0.15, -0.1) is 0 Å². The number of nitrogens with two attached hydrogens (primary N) is 1. The molecular formula is C16H17ClFNO. The van der Waals surface area contributed by atoms with Crippen LogP contribution < -0.4 is 10.5 Å². The van der Waals surface area contributed by atoms with Gasteiger partial charge in [-0.3, -0.25) is 0 Å². The van der Waals surface area contributed by atoms with E-state index in [-0.39, 0.29) is 5.82 Å². The van der Waals surface area contributed by atoms with Crippen molar-refractivity contribution in [2.75, 3.05) is 6.61 Å². The van der Waals surface area contributed by atoms with Gasteiger partial charge in [0.25, 0.3) is 0 Å². The molecule has 0 saturated carbocycles. The largest absolute Gasteiger partial charge is 0.494 e. The molecule has 0 aliphatic rings. The first-order chi connectivity index (χ1) is 9.52. The van der Waals surface area contributed by atoms with Gasteiger partial charge >= 0.3 is 0 Å². The molecule has 0 saturated heterocycles. The van der Waals surface area contributed by atoms with Crippen molar-refractivity contribution >= 4 is 11.6 Å². The van der Waals surface area contributed by atoms with Gasteiger partial charge < -0.3 is 10.5 Å². The van der Waals surface area contributed by atoms with E-state index in [1.807, 2.05) is 32.0 Å². The summed E-state index contributed by atoms with van der Waals surface area (Å²) in [6, 6.07) is 9.61. The van der Waals surface area contributed by atoms with Crippen LogP contribution in [0.4, 0.5) is 4.39 Å². The number of aryl methyl sites for hydroxylation is 1. The van der Waals surface area contributed by atoms with Crippen molar-refractivity contribution in [3.8, 4) is 5.75 Å². The highest BCUT2D eigenvalue weighted by atomic mass is 35.5. The Morgan fingerprint density at radius 3 is 2.60 bits per heavy atom. The van der Waals surface area contributed by atoms with E-state index in [1.165, 1.54) is 12.1 Å². The van der Waals surface area contributed by atoms with Crippen LogP contribution in [-0.4, -0.2) is 6.61 Å². The standard InChI is InChI=1S/C16H17ClFNO/c1-3-20-15-7-4-10(2)8-13(15)16(19)12-6-5-11(18)9-14(12)17/h4-9,16H,3,19H2,1-2H3. The van der Waals surface area contributed by atoms with E-state index < -0.39 is 6.04 Å². The minimum atomic E-state index is -0.454. The van der Waals surface area contributed by atoms with Gasteiger partial charge in [0, 0.05) is 10.6 Å². The van der Waals surface area contributed by atoms with Crippen molar-refractivity contribution in [2.24, 2.45) is 5.73 Å². The summed E-state index contributed by atoms with van der Waals surface area (Å²) in [7, 11) is 0. The fourth-order valence-electron chi connectivity index (χ4n) is 2.12. The molecule has 106 valence electrons. The minimum absolute atomic E-state index is 0.321. The van der Waals surface area contributed by atoms with Crippen molar-refractivity contribution < 1.29 is 9.13 Å². The summed E-state index contributed by atoms with van der Waals surface area (Å²) in [5.41, 5.74) is 8.89. The van der Waals surface area contributed by atoms with Gasteiger partial charge in [0.1, 0.15) is 11.6 Å². The lowest BCUT2D eigenvalue weighted by atomic mass is 9.97. The zero-order valence-corrected chi connectivity index (χ0v) is 12.2. The molecule has 2 rings (SSSR count). The first-order valence-electron chi connectivity index (χ1n) is 6.46. The second kappa shape index (κ2) is 6.25. The Kier molecular flexibility index (Phi) is 4.63. The van der Waals surface area contributed by atoms with Gasteiger partial charge in [-0.05, 0) is 37.6 Å². The smallest absolute Gasteiger partial charge is 0.124 e. The SMILES string of the molecule is CCOc1ccc(C)cc1C(N)c1ccc(F)cc1Cl. The van der Waals surface area contributed by atoms with Gasteiger partial charge in [-0.2, -0.15) is 0 Å². The molecule has 0 bridgehead atoms. The number of hydrogen-bond acceptors (Lipinski definition) is 2. The molecule has 4 heteroatoms. The van der Waals surface area contributed by atoms with Crippen LogP contribution in [0.15, 0.2) is 36.4 Å². The molecule has 2 aromatic carbocycles. The van der Waals surface area contributed by atoms with E-state index in [1.54, 1.807) is 6.07 Å². The Hall–Kier alpha value is -1.58. The maximum Gasteiger partial charge on any atom is 0.124 e. The van der Waals surface area contributed by atoms with Crippen molar-refractivity contribution in [1.29, 1.82) is 0 Å². The number of benzene rings is 2. The van der Waals surface area contributed by atoms with Crippen LogP contribution in [0.3, 0.4) is 0 Å².